The highest BCUT2D eigenvalue weighted by molar-refractivity contribution is 5.78. The third-order valence-corrected chi connectivity index (χ3v) is 4.95. The zero-order valence-corrected chi connectivity index (χ0v) is 15.5. The molecule has 1 fully saturated rings. The van der Waals surface area contributed by atoms with Crippen LogP contribution in [-0.2, 0) is 0 Å². The van der Waals surface area contributed by atoms with Crippen molar-refractivity contribution < 1.29 is 4.74 Å². The lowest BCUT2D eigenvalue weighted by molar-refractivity contribution is 0.317. The van der Waals surface area contributed by atoms with Gasteiger partial charge in [-0.25, -0.2) is 0 Å². The number of anilines is 1. The molecule has 0 spiro atoms. The lowest BCUT2D eigenvalue weighted by Gasteiger charge is -2.19. The van der Waals surface area contributed by atoms with Gasteiger partial charge in [-0.3, -0.25) is 0 Å². The fourth-order valence-corrected chi connectivity index (χ4v) is 3.63. The van der Waals surface area contributed by atoms with E-state index >= 15 is 0 Å². The average molecular weight is 335 g/mol. The van der Waals surface area contributed by atoms with Crippen molar-refractivity contribution in [3.05, 3.63) is 54.1 Å². The van der Waals surface area contributed by atoms with Gasteiger partial charge in [0.25, 0.3) is 0 Å². The van der Waals surface area contributed by atoms with E-state index in [1.807, 2.05) is 12.1 Å². The summed E-state index contributed by atoms with van der Waals surface area (Å²) in [6.07, 6.45) is 8.18. The highest BCUT2D eigenvalue weighted by Crippen LogP contribution is 2.33. The molecule has 0 radical (unpaired) electrons. The van der Waals surface area contributed by atoms with Crippen LogP contribution in [0.4, 0.5) is 5.69 Å². The molecular weight excluding hydrogens is 306 g/mol. The summed E-state index contributed by atoms with van der Waals surface area (Å²) < 4.78 is 5.80. The summed E-state index contributed by atoms with van der Waals surface area (Å²) in [6, 6.07) is 13.5. The molecule has 2 heteroatoms. The molecule has 0 aromatic heterocycles. The van der Waals surface area contributed by atoms with Crippen LogP contribution in [0.3, 0.4) is 0 Å². The Kier molecular flexibility index (Phi) is 5.80. The van der Waals surface area contributed by atoms with E-state index < -0.39 is 0 Å². The van der Waals surface area contributed by atoms with Gasteiger partial charge in [0.05, 0.1) is 6.61 Å². The van der Waals surface area contributed by atoms with Crippen LogP contribution in [0.1, 0.15) is 50.2 Å². The van der Waals surface area contributed by atoms with Gasteiger partial charge in [0.1, 0.15) is 5.75 Å². The van der Waals surface area contributed by atoms with E-state index in [0.717, 1.165) is 18.8 Å². The molecule has 0 heterocycles. The van der Waals surface area contributed by atoms with Crippen LogP contribution < -0.4 is 10.1 Å². The zero-order chi connectivity index (χ0) is 17.6. The fraction of sp³-hybridized carbons (Fsp3) is 0.391. The van der Waals surface area contributed by atoms with Gasteiger partial charge in [0, 0.05) is 11.7 Å². The number of benzene rings is 2. The Hall–Kier alpha value is -2.22. The summed E-state index contributed by atoms with van der Waals surface area (Å²) in [7, 11) is 0. The lowest BCUT2D eigenvalue weighted by Crippen LogP contribution is -2.15. The maximum absolute atomic E-state index is 5.80. The molecule has 0 saturated heterocycles. The number of rotatable bonds is 7. The van der Waals surface area contributed by atoms with E-state index in [1.54, 1.807) is 0 Å². The molecule has 0 bridgehead atoms. The molecular formula is C23H29NO. The van der Waals surface area contributed by atoms with Gasteiger partial charge in [-0.15, -0.1) is 0 Å². The molecule has 1 aliphatic carbocycles. The van der Waals surface area contributed by atoms with Crippen LogP contribution in [0.5, 0.6) is 5.75 Å². The molecule has 2 aromatic rings. The average Bonchev–Trinajstić information content (AvgIpc) is 3.13. The van der Waals surface area contributed by atoms with E-state index in [0.29, 0.717) is 6.04 Å². The molecule has 0 amide bonds. The Morgan fingerprint density at radius 2 is 1.96 bits per heavy atom. The Balaban J connectivity index is 1.93. The van der Waals surface area contributed by atoms with Gasteiger partial charge in [0.15, 0.2) is 0 Å². The van der Waals surface area contributed by atoms with Crippen molar-refractivity contribution in [3.8, 4) is 16.9 Å². The minimum Gasteiger partial charge on any atom is -0.494 e. The third kappa shape index (κ3) is 4.25. The summed E-state index contributed by atoms with van der Waals surface area (Å²) in [4.78, 5) is 0. The smallest absolute Gasteiger partial charge is 0.119 e. The van der Waals surface area contributed by atoms with Crippen LogP contribution in [0.25, 0.3) is 17.2 Å². The van der Waals surface area contributed by atoms with Crippen LogP contribution in [0.15, 0.2) is 43.0 Å². The summed E-state index contributed by atoms with van der Waals surface area (Å²) in [6.45, 7) is 9.07. The lowest BCUT2D eigenvalue weighted by atomic mass is 9.97. The molecule has 1 aliphatic rings. The van der Waals surface area contributed by atoms with Gasteiger partial charge in [-0.2, -0.15) is 0 Å². The van der Waals surface area contributed by atoms with Crippen molar-refractivity contribution in [2.24, 2.45) is 0 Å². The third-order valence-electron chi connectivity index (χ3n) is 4.95. The second-order valence-corrected chi connectivity index (χ2v) is 6.96. The summed E-state index contributed by atoms with van der Waals surface area (Å²) in [5.41, 5.74) is 6.10. The Morgan fingerprint density at radius 3 is 2.68 bits per heavy atom. The Morgan fingerprint density at radius 1 is 1.16 bits per heavy atom. The monoisotopic (exact) mass is 335 g/mol. The van der Waals surface area contributed by atoms with E-state index in [4.69, 9.17) is 4.74 Å². The van der Waals surface area contributed by atoms with Crippen molar-refractivity contribution >= 4 is 11.8 Å². The molecule has 132 valence electrons. The van der Waals surface area contributed by atoms with Crippen LogP contribution >= 0.6 is 0 Å². The number of aryl methyl sites for hydroxylation is 1. The first-order valence-electron chi connectivity index (χ1n) is 9.48. The predicted molar refractivity (Wildman–Crippen MR) is 108 cm³/mol. The number of hydrogen-bond acceptors (Lipinski definition) is 2. The molecule has 1 N–H and O–H groups in total. The first-order valence-corrected chi connectivity index (χ1v) is 9.48. The summed E-state index contributed by atoms with van der Waals surface area (Å²) in [5.74, 6) is 0.940. The van der Waals surface area contributed by atoms with Crippen LogP contribution in [-0.4, -0.2) is 12.6 Å². The van der Waals surface area contributed by atoms with Gasteiger partial charge in [-0.1, -0.05) is 50.6 Å². The molecule has 25 heavy (non-hydrogen) atoms. The van der Waals surface area contributed by atoms with Crippen molar-refractivity contribution in [1.29, 1.82) is 0 Å². The van der Waals surface area contributed by atoms with Gasteiger partial charge >= 0.3 is 0 Å². The SMILES string of the molecule is C=Cc1c(C)cc(-c2cccc(OCCC)c2)cc1NC1CCCC1. The molecule has 3 rings (SSSR count). The first-order chi connectivity index (χ1) is 12.2. The van der Waals surface area contributed by atoms with Crippen molar-refractivity contribution in [2.75, 3.05) is 11.9 Å². The highest BCUT2D eigenvalue weighted by atomic mass is 16.5. The van der Waals surface area contributed by atoms with E-state index in [1.165, 1.54) is 53.6 Å². The maximum Gasteiger partial charge on any atom is 0.119 e. The van der Waals surface area contributed by atoms with Gasteiger partial charge in [0.2, 0.25) is 0 Å². The maximum atomic E-state index is 5.80. The number of ether oxygens (including phenoxy) is 1. The topological polar surface area (TPSA) is 21.3 Å². The second-order valence-electron chi connectivity index (χ2n) is 6.96. The van der Waals surface area contributed by atoms with E-state index in [-0.39, 0.29) is 0 Å². The molecule has 1 saturated carbocycles. The van der Waals surface area contributed by atoms with Gasteiger partial charge in [-0.05, 0) is 66.6 Å². The highest BCUT2D eigenvalue weighted by Gasteiger charge is 2.17. The standard InChI is InChI=1S/C23H29NO/c1-4-13-25-21-12-8-9-18(15-21)19-14-17(3)22(5-2)23(16-19)24-20-10-6-7-11-20/h5,8-9,12,14-16,20,24H,2,4,6-7,10-11,13H2,1,3H3. The molecule has 2 aromatic carbocycles. The largest absolute Gasteiger partial charge is 0.494 e. The Bertz CT molecular complexity index is 729. The van der Waals surface area contributed by atoms with Gasteiger partial charge < -0.3 is 10.1 Å². The van der Waals surface area contributed by atoms with Crippen molar-refractivity contribution in [3.63, 3.8) is 0 Å². The summed E-state index contributed by atoms with van der Waals surface area (Å²) in [5, 5.41) is 3.76. The second kappa shape index (κ2) is 8.24. The minimum absolute atomic E-state index is 0.590. The summed E-state index contributed by atoms with van der Waals surface area (Å²) >= 11 is 0. The number of nitrogens with one attached hydrogen (secondary N) is 1. The predicted octanol–water partition coefficient (Wildman–Crippen LogP) is 6.45. The van der Waals surface area contributed by atoms with E-state index in [2.05, 4.69) is 56.1 Å². The van der Waals surface area contributed by atoms with Crippen LogP contribution in [0.2, 0.25) is 0 Å². The fourth-order valence-electron chi connectivity index (χ4n) is 3.63. The normalized spacial score (nSPS) is 14.5. The molecule has 0 aliphatic heterocycles. The Labute approximate surface area is 151 Å². The first kappa shape index (κ1) is 17.6. The quantitative estimate of drug-likeness (QED) is 0.628. The van der Waals surface area contributed by atoms with Crippen molar-refractivity contribution in [1.82, 2.24) is 0 Å². The molecule has 0 unspecified atom stereocenters. The minimum atomic E-state index is 0.590. The molecule has 2 nitrogen and oxygen atoms in total. The molecule has 0 atom stereocenters. The van der Waals surface area contributed by atoms with E-state index in [9.17, 15) is 0 Å². The van der Waals surface area contributed by atoms with Crippen molar-refractivity contribution in [2.45, 2.75) is 52.0 Å². The van der Waals surface area contributed by atoms with Crippen LogP contribution in [0, 0.1) is 6.92 Å². The zero-order valence-electron chi connectivity index (χ0n) is 15.5. The number of hydrogen-bond donors (Lipinski definition) is 1.